The van der Waals surface area contributed by atoms with Crippen molar-refractivity contribution in [2.45, 2.75) is 52.5 Å². The van der Waals surface area contributed by atoms with Crippen molar-refractivity contribution in [2.75, 3.05) is 6.61 Å². The number of rotatable bonds is 7. The molecule has 1 aliphatic carbocycles. The summed E-state index contributed by atoms with van der Waals surface area (Å²) < 4.78 is 5.90. The molecule has 0 heterocycles. The maximum atomic E-state index is 12.2. The lowest BCUT2D eigenvalue weighted by atomic mass is 9.90. The van der Waals surface area contributed by atoms with Crippen LogP contribution in [-0.4, -0.2) is 18.4 Å². The Labute approximate surface area is 173 Å². The Kier molecular flexibility index (Phi) is 9.22. The molecule has 0 bridgehead atoms. The number of nitrogens with two attached hydrogens (primary N) is 1. The first kappa shape index (κ1) is 22.5. The third kappa shape index (κ3) is 6.93. The van der Waals surface area contributed by atoms with Gasteiger partial charge in [-0.2, -0.15) is 0 Å². The fourth-order valence-corrected chi connectivity index (χ4v) is 3.44. The van der Waals surface area contributed by atoms with Crippen LogP contribution in [0.25, 0.3) is 0 Å². The van der Waals surface area contributed by atoms with Gasteiger partial charge in [0.2, 0.25) is 0 Å². The van der Waals surface area contributed by atoms with Gasteiger partial charge in [-0.1, -0.05) is 57.4 Å². The van der Waals surface area contributed by atoms with E-state index in [2.05, 4.69) is 5.32 Å². The van der Waals surface area contributed by atoms with E-state index in [0.717, 1.165) is 5.56 Å². The van der Waals surface area contributed by atoms with Gasteiger partial charge in [0, 0.05) is 12.1 Å². The van der Waals surface area contributed by atoms with E-state index in [0.29, 0.717) is 35.9 Å². The Hall–Kier alpha value is -2.82. The number of benzene rings is 2. The lowest BCUT2D eigenvalue weighted by molar-refractivity contribution is 0.0950. The molecular formula is C24H32N2O3. The van der Waals surface area contributed by atoms with Crippen LogP contribution in [-0.2, 0) is 6.54 Å². The predicted octanol–water partition coefficient (Wildman–Crippen LogP) is 4.70. The molecule has 2 aromatic carbocycles. The van der Waals surface area contributed by atoms with Crippen molar-refractivity contribution in [2.24, 2.45) is 11.7 Å². The van der Waals surface area contributed by atoms with E-state index in [-0.39, 0.29) is 5.91 Å². The van der Waals surface area contributed by atoms with Gasteiger partial charge in [-0.15, -0.1) is 0 Å². The van der Waals surface area contributed by atoms with Gasteiger partial charge in [-0.05, 0) is 48.6 Å². The average Bonchev–Trinajstić information content (AvgIpc) is 2.79. The number of amides is 2. The Morgan fingerprint density at radius 3 is 2.38 bits per heavy atom. The highest BCUT2D eigenvalue weighted by Crippen LogP contribution is 2.26. The molecular weight excluding hydrogens is 364 g/mol. The van der Waals surface area contributed by atoms with Crippen molar-refractivity contribution in [3.05, 3.63) is 65.2 Å². The van der Waals surface area contributed by atoms with Gasteiger partial charge in [-0.3, -0.25) is 9.59 Å². The van der Waals surface area contributed by atoms with E-state index >= 15 is 0 Å². The lowest BCUT2D eigenvalue weighted by Gasteiger charge is -2.22. The molecule has 0 aliphatic heterocycles. The molecule has 29 heavy (non-hydrogen) atoms. The third-order valence-electron chi connectivity index (χ3n) is 5.00. The van der Waals surface area contributed by atoms with E-state index < -0.39 is 5.91 Å². The fraction of sp³-hybridized carbons (Fsp3) is 0.417. The smallest absolute Gasteiger partial charge is 0.252 e. The number of hydrogen-bond donors (Lipinski definition) is 2. The highest BCUT2D eigenvalue weighted by molar-refractivity contribution is 5.96. The summed E-state index contributed by atoms with van der Waals surface area (Å²) in [6.07, 6.45) is 6.14. The van der Waals surface area contributed by atoms with E-state index in [1.54, 1.807) is 24.3 Å². The van der Waals surface area contributed by atoms with E-state index in [1.807, 2.05) is 38.1 Å². The highest BCUT2D eigenvalue weighted by atomic mass is 16.5. The molecule has 5 heteroatoms. The molecule has 1 aliphatic rings. The van der Waals surface area contributed by atoms with Gasteiger partial charge in [0.05, 0.1) is 12.2 Å². The predicted molar refractivity (Wildman–Crippen MR) is 116 cm³/mol. The molecule has 0 aromatic heterocycles. The quantitative estimate of drug-likeness (QED) is 0.712. The maximum Gasteiger partial charge on any atom is 0.252 e. The van der Waals surface area contributed by atoms with Crippen molar-refractivity contribution in [1.29, 1.82) is 0 Å². The molecule has 0 saturated heterocycles. The minimum absolute atomic E-state index is 0.158. The minimum atomic E-state index is -0.523. The van der Waals surface area contributed by atoms with E-state index in [1.165, 1.54) is 32.1 Å². The van der Waals surface area contributed by atoms with Crippen molar-refractivity contribution in [3.8, 4) is 5.75 Å². The molecule has 2 aromatic rings. The van der Waals surface area contributed by atoms with Crippen LogP contribution in [0.4, 0.5) is 0 Å². The molecule has 0 atom stereocenters. The summed E-state index contributed by atoms with van der Waals surface area (Å²) in [6, 6.07) is 14.3. The molecule has 0 radical (unpaired) electrons. The van der Waals surface area contributed by atoms with Gasteiger partial charge in [0.1, 0.15) is 5.75 Å². The zero-order valence-corrected chi connectivity index (χ0v) is 17.4. The summed E-state index contributed by atoms with van der Waals surface area (Å²) in [5.74, 6) is 0.384. The zero-order valence-electron chi connectivity index (χ0n) is 17.4. The van der Waals surface area contributed by atoms with Crippen molar-refractivity contribution in [3.63, 3.8) is 0 Å². The summed E-state index contributed by atoms with van der Waals surface area (Å²) in [4.78, 5) is 24.0. The van der Waals surface area contributed by atoms with Crippen LogP contribution in [0.2, 0.25) is 0 Å². The topological polar surface area (TPSA) is 81.4 Å². The van der Waals surface area contributed by atoms with Crippen LogP contribution in [0.15, 0.2) is 48.5 Å². The standard InChI is InChI=1S/C22H26N2O3.C2H6/c23-21(25)19-13-17(14-24-22(26)18-9-5-2-6-10-18)11-12-20(19)27-15-16-7-3-1-4-8-16;1-2/h2,5-6,9-13,16H,1,3-4,7-8,14-15H2,(H2,23,25)(H,24,26);1-2H3. The van der Waals surface area contributed by atoms with Gasteiger partial charge in [0.25, 0.3) is 11.8 Å². The first-order chi connectivity index (χ1) is 14.1. The number of nitrogens with one attached hydrogen (secondary N) is 1. The number of ether oxygens (including phenoxy) is 1. The first-order valence-electron chi connectivity index (χ1n) is 10.5. The molecule has 3 rings (SSSR count). The highest BCUT2D eigenvalue weighted by Gasteiger charge is 2.16. The Morgan fingerprint density at radius 2 is 1.72 bits per heavy atom. The van der Waals surface area contributed by atoms with Crippen LogP contribution in [0.3, 0.4) is 0 Å². The third-order valence-corrected chi connectivity index (χ3v) is 5.00. The average molecular weight is 397 g/mol. The molecule has 5 nitrogen and oxygen atoms in total. The molecule has 3 N–H and O–H groups in total. The Morgan fingerprint density at radius 1 is 1.03 bits per heavy atom. The van der Waals surface area contributed by atoms with Gasteiger partial charge < -0.3 is 15.8 Å². The van der Waals surface area contributed by atoms with Crippen LogP contribution in [0.5, 0.6) is 5.75 Å². The second kappa shape index (κ2) is 11.9. The van der Waals surface area contributed by atoms with E-state index in [9.17, 15) is 9.59 Å². The number of carbonyl (C=O) groups excluding carboxylic acids is 2. The summed E-state index contributed by atoms with van der Waals surface area (Å²) in [5.41, 5.74) is 7.29. The van der Waals surface area contributed by atoms with Crippen LogP contribution >= 0.6 is 0 Å². The normalized spacial score (nSPS) is 13.7. The second-order valence-corrected chi connectivity index (χ2v) is 7.06. The van der Waals surface area contributed by atoms with E-state index in [4.69, 9.17) is 10.5 Å². The van der Waals surface area contributed by atoms with Crippen LogP contribution in [0.1, 0.15) is 72.2 Å². The zero-order chi connectivity index (χ0) is 21.1. The van der Waals surface area contributed by atoms with Gasteiger partial charge in [-0.25, -0.2) is 0 Å². The molecule has 1 saturated carbocycles. The summed E-state index contributed by atoms with van der Waals surface area (Å²) in [6.45, 7) is 4.93. The summed E-state index contributed by atoms with van der Waals surface area (Å²) in [7, 11) is 0. The van der Waals surface area contributed by atoms with Crippen LogP contribution < -0.4 is 15.8 Å². The van der Waals surface area contributed by atoms with Crippen molar-refractivity contribution in [1.82, 2.24) is 5.32 Å². The first-order valence-corrected chi connectivity index (χ1v) is 10.5. The van der Waals surface area contributed by atoms with Crippen molar-refractivity contribution < 1.29 is 14.3 Å². The summed E-state index contributed by atoms with van der Waals surface area (Å²) in [5, 5.41) is 2.85. The fourth-order valence-electron chi connectivity index (χ4n) is 3.44. The van der Waals surface area contributed by atoms with Crippen molar-refractivity contribution >= 4 is 11.8 Å². The largest absolute Gasteiger partial charge is 0.492 e. The Balaban J connectivity index is 0.00000145. The van der Waals surface area contributed by atoms with Gasteiger partial charge >= 0.3 is 0 Å². The van der Waals surface area contributed by atoms with Gasteiger partial charge in [0.15, 0.2) is 0 Å². The SMILES string of the molecule is CC.NC(=O)c1cc(CNC(=O)c2ccccc2)ccc1OCC1CCCCC1. The molecule has 156 valence electrons. The molecule has 0 unspecified atom stereocenters. The van der Waals surface area contributed by atoms with Crippen LogP contribution in [0, 0.1) is 5.92 Å². The minimum Gasteiger partial charge on any atom is -0.492 e. The maximum absolute atomic E-state index is 12.2. The number of primary amides is 1. The second-order valence-electron chi connectivity index (χ2n) is 7.06. The summed E-state index contributed by atoms with van der Waals surface area (Å²) >= 11 is 0. The molecule has 1 fully saturated rings. The number of hydrogen-bond acceptors (Lipinski definition) is 3. The monoisotopic (exact) mass is 396 g/mol. The number of carbonyl (C=O) groups is 2. The lowest BCUT2D eigenvalue weighted by Crippen LogP contribution is -2.23. The molecule has 2 amide bonds. The Bertz CT molecular complexity index is 784. The molecule has 0 spiro atoms.